The first-order chi connectivity index (χ1) is 8.16. The van der Waals surface area contributed by atoms with E-state index in [0.717, 1.165) is 11.5 Å². The van der Waals surface area contributed by atoms with Crippen LogP contribution in [0.2, 0.25) is 0 Å². The molecule has 0 bridgehead atoms. The first-order valence-electron chi connectivity index (χ1n) is 5.19. The van der Waals surface area contributed by atoms with Crippen molar-refractivity contribution in [3.05, 3.63) is 29.8 Å². The molecule has 2 rings (SSSR count). The molecular formula is C11H14N4OS. The predicted octanol–water partition coefficient (Wildman–Crippen LogP) is 1.10. The van der Waals surface area contributed by atoms with Crippen LogP contribution in [0.15, 0.2) is 29.3 Å². The second-order valence-corrected chi connectivity index (χ2v) is 4.71. The summed E-state index contributed by atoms with van der Waals surface area (Å²) in [6.07, 6.45) is 0. The van der Waals surface area contributed by atoms with Crippen molar-refractivity contribution in [1.29, 1.82) is 5.41 Å². The van der Waals surface area contributed by atoms with Crippen molar-refractivity contribution in [3.8, 4) is 5.75 Å². The number of guanidine groups is 1. The number of fused-ring (bicyclic) bond motifs is 1. The van der Waals surface area contributed by atoms with Crippen molar-refractivity contribution < 1.29 is 4.74 Å². The van der Waals surface area contributed by atoms with Crippen LogP contribution in [0.4, 0.5) is 0 Å². The first-order valence-corrected chi connectivity index (χ1v) is 6.18. The Morgan fingerprint density at radius 1 is 1.47 bits per heavy atom. The molecule has 5 nitrogen and oxygen atoms in total. The molecule has 0 amide bonds. The number of hydrogen-bond acceptors (Lipinski definition) is 3. The molecule has 0 radical (unpaired) electrons. The Hall–Kier alpha value is -1.69. The molecule has 0 spiro atoms. The van der Waals surface area contributed by atoms with Gasteiger partial charge in [0.25, 0.3) is 0 Å². The summed E-state index contributed by atoms with van der Waals surface area (Å²) in [7, 11) is 0. The van der Waals surface area contributed by atoms with E-state index in [2.05, 4.69) is 11.1 Å². The molecule has 1 aromatic rings. The van der Waals surface area contributed by atoms with Crippen LogP contribution >= 0.6 is 11.8 Å². The Labute approximate surface area is 104 Å². The molecule has 0 aliphatic carbocycles. The summed E-state index contributed by atoms with van der Waals surface area (Å²) in [5, 5.41) is 7.68. The van der Waals surface area contributed by atoms with E-state index >= 15 is 0 Å². The van der Waals surface area contributed by atoms with Crippen LogP contribution in [0.25, 0.3) is 0 Å². The lowest BCUT2D eigenvalue weighted by Crippen LogP contribution is -2.23. The number of benzene rings is 1. The molecule has 1 atom stereocenters. The molecule has 0 saturated heterocycles. The van der Waals surface area contributed by atoms with Gasteiger partial charge < -0.3 is 16.2 Å². The minimum Gasteiger partial charge on any atom is -0.493 e. The summed E-state index contributed by atoms with van der Waals surface area (Å²) in [5.41, 5.74) is 11.6. The van der Waals surface area contributed by atoms with E-state index in [0.29, 0.717) is 12.5 Å². The molecule has 1 aliphatic heterocycles. The fourth-order valence-corrected chi connectivity index (χ4v) is 2.50. The highest BCUT2D eigenvalue weighted by Crippen LogP contribution is 2.35. The number of rotatable bonds is 2. The van der Waals surface area contributed by atoms with Crippen LogP contribution < -0.4 is 16.2 Å². The van der Waals surface area contributed by atoms with Crippen LogP contribution in [0.1, 0.15) is 11.5 Å². The van der Waals surface area contributed by atoms with Gasteiger partial charge in [0.05, 0.1) is 6.61 Å². The van der Waals surface area contributed by atoms with Gasteiger partial charge in [-0.15, -0.1) is 0 Å². The zero-order valence-corrected chi connectivity index (χ0v) is 10.0. The Kier molecular flexibility index (Phi) is 3.53. The Bertz CT molecular complexity index is 457. The highest BCUT2D eigenvalue weighted by Gasteiger charge is 2.23. The second-order valence-electron chi connectivity index (χ2n) is 3.70. The van der Waals surface area contributed by atoms with E-state index in [1.54, 1.807) is 0 Å². The van der Waals surface area contributed by atoms with Gasteiger partial charge in [0, 0.05) is 17.2 Å². The summed E-state index contributed by atoms with van der Waals surface area (Å²) >= 11 is 1.32. The van der Waals surface area contributed by atoms with E-state index < -0.39 is 0 Å². The molecule has 90 valence electrons. The normalized spacial score (nSPS) is 17.1. The quantitative estimate of drug-likeness (QED) is 0.541. The van der Waals surface area contributed by atoms with Crippen LogP contribution in [-0.4, -0.2) is 23.5 Å². The van der Waals surface area contributed by atoms with Crippen molar-refractivity contribution in [2.75, 3.05) is 12.4 Å². The SMILES string of the molecule is N=C(N=C(N)N)SCC1COc2ccccc21. The molecular weight excluding hydrogens is 236 g/mol. The third-order valence-electron chi connectivity index (χ3n) is 2.45. The Morgan fingerprint density at radius 2 is 2.24 bits per heavy atom. The molecule has 5 N–H and O–H groups in total. The third kappa shape index (κ3) is 2.91. The number of thioether (sulfide) groups is 1. The molecule has 1 aliphatic rings. The smallest absolute Gasteiger partial charge is 0.193 e. The van der Waals surface area contributed by atoms with Crippen LogP contribution in [0.5, 0.6) is 5.75 Å². The van der Waals surface area contributed by atoms with E-state index in [1.807, 2.05) is 18.2 Å². The first kappa shape index (κ1) is 11.8. The average molecular weight is 250 g/mol. The minimum atomic E-state index is -0.0782. The lowest BCUT2D eigenvalue weighted by molar-refractivity contribution is 0.339. The van der Waals surface area contributed by atoms with Gasteiger partial charge in [-0.25, -0.2) is 0 Å². The van der Waals surface area contributed by atoms with Gasteiger partial charge in [0.2, 0.25) is 0 Å². The molecule has 1 heterocycles. The number of amidine groups is 1. The number of ether oxygens (including phenoxy) is 1. The number of aliphatic imine (C=N–C) groups is 1. The van der Waals surface area contributed by atoms with Gasteiger partial charge in [0.1, 0.15) is 5.75 Å². The molecule has 0 fully saturated rings. The summed E-state index contributed by atoms with van der Waals surface area (Å²) < 4.78 is 5.56. The number of nitrogens with one attached hydrogen (secondary N) is 1. The van der Waals surface area contributed by atoms with Crippen molar-refractivity contribution >= 4 is 22.9 Å². The van der Waals surface area contributed by atoms with E-state index in [1.165, 1.54) is 17.3 Å². The van der Waals surface area contributed by atoms with Gasteiger partial charge in [-0.1, -0.05) is 30.0 Å². The highest BCUT2D eigenvalue weighted by molar-refractivity contribution is 8.13. The standard InChI is InChI=1S/C11H14N4OS/c12-10(13)15-11(14)17-6-7-5-16-9-4-2-1-3-8(7)9/h1-4,7H,5-6H2,(H5,12,13,14,15). The Morgan fingerprint density at radius 3 is 3.00 bits per heavy atom. The molecule has 17 heavy (non-hydrogen) atoms. The maximum absolute atomic E-state index is 7.54. The van der Waals surface area contributed by atoms with Crippen molar-refractivity contribution in [2.45, 2.75) is 5.92 Å². The topological polar surface area (TPSA) is 97.5 Å². The van der Waals surface area contributed by atoms with Crippen LogP contribution in [0.3, 0.4) is 0 Å². The van der Waals surface area contributed by atoms with Crippen LogP contribution in [0, 0.1) is 5.41 Å². The third-order valence-corrected chi connectivity index (χ3v) is 3.38. The molecule has 1 unspecified atom stereocenters. The average Bonchev–Trinajstić information content (AvgIpc) is 2.69. The van der Waals surface area contributed by atoms with Gasteiger partial charge in [-0.2, -0.15) is 4.99 Å². The van der Waals surface area contributed by atoms with Crippen molar-refractivity contribution in [1.82, 2.24) is 0 Å². The zero-order valence-electron chi connectivity index (χ0n) is 9.22. The van der Waals surface area contributed by atoms with Crippen molar-refractivity contribution in [2.24, 2.45) is 16.5 Å². The summed E-state index contributed by atoms with van der Waals surface area (Å²) in [5.74, 6) is 1.90. The van der Waals surface area contributed by atoms with E-state index in [4.69, 9.17) is 21.6 Å². The lowest BCUT2D eigenvalue weighted by atomic mass is 10.0. The molecule has 1 aromatic carbocycles. The highest BCUT2D eigenvalue weighted by atomic mass is 32.2. The van der Waals surface area contributed by atoms with E-state index in [9.17, 15) is 0 Å². The second kappa shape index (κ2) is 5.09. The fourth-order valence-electron chi connectivity index (χ4n) is 1.70. The predicted molar refractivity (Wildman–Crippen MR) is 70.7 cm³/mol. The molecule has 0 aromatic heterocycles. The van der Waals surface area contributed by atoms with Crippen molar-refractivity contribution in [3.63, 3.8) is 0 Å². The largest absolute Gasteiger partial charge is 0.493 e. The van der Waals surface area contributed by atoms with Gasteiger partial charge in [-0.3, -0.25) is 5.41 Å². The maximum Gasteiger partial charge on any atom is 0.193 e. The lowest BCUT2D eigenvalue weighted by Gasteiger charge is -2.06. The molecule has 6 heteroatoms. The van der Waals surface area contributed by atoms with Crippen LogP contribution in [-0.2, 0) is 0 Å². The summed E-state index contributed by atoms with van der Waals surface area (Å²) in [6.45, 7) is 0.654. The number of nitrogens with two attached hydrogens (primary N) is 2. The number of para-hydroxylation sites is 1. The summed E-state index contributed by atoms with van der Waals surface area (Å²) in [4.78, 5) is 3.67. The summed E-state index contributed by atoms with van der Waals surface area (Å²) in [6, 6.07) is 7.96. The number of hydrogen-bond donors (Lipinski definition) is 3. The van der Waals surface area contributed by atoms with Gasteiger partial charge >= 0.3 is 0 Å². The minimum absolute atomic E-state index is 0.0782. The molecule has 0 saturated carbocycles. The Balaban J connectivity index is 1.94. The number of nitrogens with zero attached hydrogens (tertiary/aromatic N) is 1. The van der Waals surface area contributed by atoms with E-state index in [-0.39, 0.29) is 11.1 Å². The maximum atomic E-state index is 7.54. The zero-order chi connectivity index (χ0) is 12.3. The monoisotopic (exact) mass is 250 g/mol. The van der Waals surface area contributed by atoms with Gasteiger partial charge in [-0.05, 0) is 6.07 Å². The fraction of sp³-hybridized carbons (Fsp3) is 0.273. The van der Waals surface area contributed by atoms with Gasteiger partial charge in [0.15, 0.2) is 11.1 Å².